The second-order valence-corrected chi connectivity index (χ2v) is 10.2. The molecule has 164 valence electrons. The van der Waals surface area contributed by atoms with Gasteiger partial charge in [0.1, 0.15) is 22.3 Å². The molecule has 0 atom stereocenters. The number of carbonyl (C=O) groups is 1. The number of sulfonamides is 1. The molecule has 0 radical (unpaired) electrons. The highest BCUT2D eigenvalue weighted by Crippen LogP contribution is 2.30. The van der Waals surface area contributed by atoms with Crippen LogP contribution in [0, 0.1) is 12.7 Å². The number of aryl methyl sites for hydroxylation is 1. The zero-order chi connectivity index (χ0) is 22.2. The maximum absolute atomic E-state index is 13.3. The Morgan fingerprint density at radius 1 is 1.29 bits per heavy atom. The average Bonchev–Trinajstić information content (AvgIpc) is 3.44. The van der Waals surface area contributed by atoms with Crippen molar-refractivity contribution in [1.29, 1.82) is 0 Å². The van der Waals surface area contributed by atoms with Gasteiger partial charge >= 0.3 is 0 Å². The number of likely N-dealkylation sites (tertiary alicyclic amines) is 1. The third kappa shape index (κ3) is 4.76. The molecule has 1 aromatic carbocycles. The van der Waals surface area contributed by atoms with Crippen LogP contribution in [0.25, 0.3) is 10.7 Å². The minimum atomic E-state index is -4.03. The number of halogens is 2. The van der Waals surface area contributed by atoms with Crippen molar-refractivity contribution in [3.8, 4) is 10.7 Å². The lowest BCUT2D eigenvalue weighted by Gasteiger charge is -2.16. The van der Waals surface area contributed by atoms with Gasteiger partial charge in [-0.3, -0.25) is 9.52 Å². The molecule has 3 aromatic rings. The lowest BCUT2D eigenvalue weighted by Crippen LogP contribution is -2.31. The summed E-state index contributed by atoms with van der Waals surface area (Å²) in [5, 5.41) is 2.43. The van der Waals surface area contributed by atoms with E-state index in [1.807, 2.05) is 12.3 Å². The van der Waals surface area contributed by atoms with Crippen molar-refractivity contribution in [2.24, 2.45) is 0 Å². The van der Waals surface area contributed by atoms with Crippen LogP contribution in [0.3, 0.4) is 0 Å². The Kier molecular flexibility index (Phi) is 6.05. The largest absolute Gasteiger partial charge is 0.341 e. The number of hydrogen-bond donors (Lipinski definition) is 1. The summed E-state index contributed by atoms with van der Waals surface area (Å²) >= 11 is 7.34. The molecule has 1 fully saturated rings. The molecule has 2 aromatic heterocycles. The number of anilines is 1. The standard InChI is InChI=1S/C20H20ClFN4O3S2/c1-13-12-30-20(23-13)18-9-15(10-26(18)11-19(27)25-6-2-3-7-25)31(28,29)24-17-5-4-14(22)8-16(17)21/h4-5,8-10,12,24H,2-3,6-7,11H2,1H3. The quantitative estimate of drug-likeness (QED) is 0.572. The van der Waals surface area contributed by atoms with Crippen molar-refractivity contribution < 1.29 is 17.6 Å². The van der Waals surface area contributed by atoms with Crippen LogP contribution in [-0.4, -0.2) is 41.9 Å². The maximum Gasteiger partial charge on any atom is 0.263 e. The fraction of sp³-hybridized carbons (Fsp3) is 0.300. The molecule has 0 aliphatic carbocycles. The molecule has 1 aliphatic heterocycles. The van der Waals surface area contributed by atoms with Gasteiger partial charge in [-0.2, -0.15) is 0 Å². The zero-order valence-corrected chi connectivity index (χ0v) is 19.0. The van der Waals surface area contributed by atoms with Gasteiger partial charge in [0.2, 0.25) is 5.91 Å². The Morgan fingerprint density at radius 2 is 2.03 bits per heavy atom. The predicted molar refractivity (Wildman–Crippen MR) is 118 cm³/mol. The van der Waals surface area contributed by atoms with Crippen LogP contribution in [0.15, 0.2) is 40.7 Å². The molecule has 1 amide bonds. The average molecular weight is 483 g/mol. The van der Waals surface area contributed by atoms with E-state index >= 15 is 0 Å². The number of benzene rings is 1. The first-order valence-electron chi connectivity index (χ1n) is 9.61. The fourth-order valence-corrected chi connectivity index (χ4v) is 5.62. The van der Waals surface area contributed by atoms with Crippen molar-refractivity contribution in [3.05, 3.63) is 52.4 Å². The lowest BCUT2D eigenvalue weighted by molar-refractivity contribution is -0.130. The molecular weight excluding hydrogens is 463 g/mol. The summed E-state index contributed by atoms with van der Waals surface area (Å²) in [7, 11) is -4.03. The molecule has 7 nitrogen and oxygen atoms in total. The molecule has 11 heteroatoms. The van der Waals surface area contributed by atoms with E-state index in [1.165, 1.54) is 29.7 Å². The molecular formula is C20H20ClFN4O3S2. The molecule has 0 unspecified atom stereocenters. The molecule has 3 heterocycles. The smallest absolute Gasteiger partial charge is 0.263 e. The van der Waals surface area contributed by atoms with Crippen molar-refractivity contribution in [1.82, 2.24) is 14.5 Å². The highest BCUT2D eigenvalue weighted by Gasteiger charge is 2.24. The third-order valence-corrected chi connectivity index (χ3v) is 7.59. The van der Waals surface area contributed by atoms with E-state index in [0.717, 1.165) is 30.7 Å². The van der Waals surface area contributed by atoms with E-state index in [1.54, 1.807) is 9.47 Å². The third-order valence-electron chi connectivity index (χ3n) is 4.96. The van der Waals surface area contributed by atoms with Gasteiger partial charge < -0.3 is 9.47 Å². The number of nitrogens with one attached hydrogen (secondary N) is 1. The Morgan fingerprint density at radius 3 is 2.68 bits per heavy atom. The van der Waals surface area contributed by atoms with Crippen LogP contribution in [0.5, 0.6) is 0 Å². The molecule has 1 N–H and O–H groups in total. The first kappa shape index (κ1) is 21.8. The Hall–Kier alpha value is -2.43. The highest BCUT2D eigenvalue weighted by atomic mass is 35.5. The molecule has 0 saturated carbocycles. The topological polar surface area (TPSA) is 84.3 Å². The number of thiazole rings is 1. The Balaban J connectivity index is 1.68. The van der Waals surface area contributed by atoms with Gasteiger partial charge in [-0.15, -0.1) is 11.3 Å². The van der Waals surface area contributed by atoms with E-state index in [2.05, 4.69) is 9.71 Å². The summed E-state index contributed by atoms with van der Waals surface area (Å²) in [4.78, 5) is 18.9. The number of aromatic nitrogens is 2. The number of amides is 1. The van der Waals surface area contributed by atoms with Gasteiger partial charge in [0.25, 0.3) is 10.0 Å². The van der Waals surface area contributed by atoms with Crippen molar-refractivity contribution >= 4 is 44.6 Å². The molecule has 0 bridgehead atoms. The summed E-state index contributed by atoms with van der Waals surface area (Å²) in [6, 6.07) is 4.89. The van der Waals surface area contributed by atoms with Crippen molar-refractivity contribution in [2.75, 3.05) is 17.8 Å². The van der Waals surface area contributed by atoms with Crippen LogP contribution in [0.1, 0.15) is 18.5 Å². The lowest BCUT2D eigenvalue weighted by atomic mass is 10.3. The molecule has 31 heavy (non-hydrogen) atoms. The Labute approximate surface area is 188 Å². The highest BCUT2D eigenvalue weighted by molar-refractivity contribution is 7.92. The van der Waals surface area contributed by atoms with Crippen LogP contribution in [0.2, 0.25) is 5.02 Å². The second kappa shape index (κ2) is 8.60. The van der Waals surface area contributed by atoms with Gasteiger partial charge in [-0.25, -0.2) is 17.8 Å². The number of hydrogen-bond acceptors (Lipinski definition) is 5. The molecule has 1 aliphatic rings. The first-order valence-corrected chi connectivity index (χ1v) is 12.4. The summed E-state index contributed by atoms with van der Waals surface area (Å²) in [5.41, 5.74) is 1.41. The van der Waals surface area contributed by atoms with E-state index in [0.29, 0.717) is 23.8 Å². The van der Waals surface area contributed by atoms with Gasteiger partial charge in [0.05, 0.1) is 16.4 Å². The maximum atomic E-state index is 13.3. The van der Waals surface area contributed by atoms with E-state index in [4.69, 9.17) is 11.6 Å². The van der Waals surface area contributed by atoms with Gasteiger partial charge in [-0.1, -0.05) is 11.6 Å². The van der Waals surface area contributed by atoms with Crippen LogP contribution in [0.4, 0.5) is 10.1 Å². The molecule has 0 spiro atoms. The van der Waals surface area contributed by atoms with Gasteiger partial charge in [-0.05, 0) is 44.0 Å². The normalized spacial score (nSPS) is 14.2. The van der Waals surface area contributed by atoms with Gasteiger partial charge in [0, 0.05) is 30.4 Å². The molecule has 1 saturated heterocycles. The van der Waals surface area contributed by atoms with Crippen molar-refractivity contribution in [3.63, 3.8) is 0 Å². The second-order valence-electron chi connectivity index (χ2n) is 7.30. The van der Waals surface area contributed by atoms with Crippen molar-refractivity contribution in [2.45, 2.75) is 31.2 Å². The monoisotopic (exact) mass is 482 g/mol. The van der Waals surface area contributed by atoms with E-state index in [9.17, 15) is 17.6 Å². The summed E-state index contributed by atoms with van der Waals surface area (Å²) in [6.45, 7) is 3.28. The summed E-state index contributed by atoms with van der Waals surface area (Å²) in [5.74, 6) is -0.637. The molecule has 4 rings (SSSR count). The number of nitrogens with zero attached hydrogens (tertiary/aromatic N) is 3. The van der Waals surface area contributed by atoms with Crippen LogP contribution >= 0.6 is 22.9 Å². The van der Waals surface area contributed by atoms with Crippen LogP contribution < -0.4 is 4.72 Å². The van der Waals surface area contributed by atoms with E-state index in [-0.39, 0.29) is 28.1 Å². The SMILES string of the molecule is Cc1csc(-c2cc(S(=O)(=O)Nc3ccc(F)cc3Cl)cn2CC(=O)N2CCCC2)n1. The van der Waals surface area contributed by atoms with Crippen LogP contribution in [-0.2, 0) is 21.4 Å². The minimum absolute atomic E-state index is 0.0147. The predicted octanol–water partition coefficient (Wildman–Crippen LogP) is 4.14. The van der Waals surface area contributed by atoms with E-state index < -0.39 is 15.8 Å². The first-order chi connectivity index (χ1) is 14.7. The minimum Gasteiger partial charge on any atom is -0.341 e. The summed E-state index contributed by atoms with van der Waals surface area (Å²) in [6.07, 6.45) is 3.36. The fourth-order valence-electron chi connectivity index (χ4n) is 3.40. The Bertz CT molecular complexity index is 1230. The number of carbonyl (C=O) groups excluding carboxylic acids is 1. The summed E-state index contributed by atoms with van der Waals surface area (Å²) < 4.78 is 43.3. The zero-order valence-electron chi connectivity index (χ0n) is 16.6. The number of rotatable bonds is 6. The van der Waals surface area contributed by atoms with Gasteiger partial charge in [0.15, 0.2) is 0 Å².